The Morgan fingerprint density at radius 1 is 1.04 bits per heavy atom. The van der Waals surface area contributed by atoms with Crippen LogP contribution in [0.15, 0.2) is 53.4 Å². The molecule has 1 fully saturated rings. The zero-order chi connectivity index (χ0) is 20.0. The molecule has 1 unspecified atom stereocenters. The second-order valence-electron chi connectivity index (χ2n) is 6.95. The highest BCUT2D eigenvalue weighted by molar-refractivity contribution is 7.86. The quantitative estimate of drug-likeness (QED) is 0.598. The Morgan fingerprint density at radius 2 is 1.79 bits per heavy atom. The Hall–Kier alpha value is -2.09. The highest BCUT2D eigenvalue weighted by atomic mass is 32.2. The predicted octanol–water partition coefficient (Wildman–Crippen LogP) is 2.97. The van der Waals surface area contributed by atoms with Gasteiger partial charge in [-0.1, -0.05) is 24.3 Å². The number of hydrogen-bond acceptors (Lipinski definition) is 6. The molecule has 2 aromatic rings. The van der Waals surface area contributed by atoms with E-state index in [9.17, 15) is 8.42 Å². The van der Waals surface area contributed by atoms with Gasteiger partial charge in [0, 0.05) is 13.1 Å². The van der Waals surface area contributed by atoms with Gasteiger partial charge in [0.15, 0.2) is 11.5 Å². The molecular formula is C21H27NO5S. The molecule has 28 heavy (non-hydrogen) atoms. The molecular weight excluding hydrogens is 378 g/mol. The third-order valence-electron chi connectivity index (χ3n) is 5.03. The van der Waals surface area contributed by atoms with Crippen molar-refractivity contribution in [2.45, 2.75) is 17.7 Å². The van der Waals surface area contributed by atoms with Gasteiger partial charge in [0.2, 0.25) is 0 Å². The van der Waals surface area contributed by atoms with Gasteiger partial charge in [-0.3, -0.25) is 4.18 Å². The Labute approximate surface area is 167 Å². The Kier molecular flexibility index (Phi) is 6.93. The van der Waals surface area contributed by atoms with Gasteiger partial charge >= 0.3 is 0 Å². The number of methoxy groups -OCH3 is 2. The van der Waals surface area contributed by atoms with Crippen molar-refractivity contribution in [3.8, 4) is 11.5 Å². The summed E-state index contributed by atoms with van der Waals surface area (Å²) in [5.41, 5.74) is 1.18. The third-order valence-corrected chi connectivity index (χ3v) is 6.32. The summed E-state index contributed by atoms with van der Waals surface area (Å²) in [5, 5.41) is 0. The highest BCUT2D eigenvalue weighted by Gasteiger charge is 2.25. The van der Waals surface area contributed by atoms with Crippen LogP contribution in [-0.4, -0.2) is 53.8 Å². The molecule has 152 valence electrons. The van der Waals surface area contributed by atoms with Gasteiger partial charge in [-0.15, -0.1) is 0 Å². The zero-order valence-electron chi connectivity index (χ0n) is 16.3. The van der Waals surface area contributed by atoms with E-state index in [2.05, 4.69) is 4.90 Å². The molecule has 1 aliphatic heterocycles. The molecule has 0 aromatic heterocycles. The standard InChI is InChI=1S/C21H27NO5S/c1-25-20-9-8-17(14-21(20)26-2)10-12-22-13-11-18(15-22)16-27-28(23,24)19-6-4-3-5-7-19/h3-9,14,18H,10-13,15-16H2,1-2H3. The summed E-state index contributed by atoms with van der Waals surface area (Å²) in [7, 11) is -0.417. The van der Waals surface area contributed by atoms with E-state index in [4.69, 9.17) is 13.7 Å². The average molecular weight is 406 g/mol. The van der Waals surface area contributed by atoms with Gasteiger partial charge in [-0.2, -0.15) is 8.42 Å². The zero-order valence-corrected chi connectivity index (χ0v) is 17.2. The van der Waals surface area contributed by atoms with Crippen LogP contribution >= 0.6 is 0 Å². The minimum Gasteiger partial charge on any atom is -0.493 e. The van der Waals surface area contributed by atoms with E-state index in [0.717, 1.165) is 44.0 Å². The first-order valence-corrected chi connectivity index (χ1v) is 10.8. The van der Waals surface area contributed by atoms with Gasteiger partial charge in [0.1, 0.15) is 0 Å². The first-order valence-electron chi connectivity index (χ1n) is 9.39. The van der Waals surface area contributed by atoms with E-state index in [1.54, 1.807) is 44.6 Å². The van der Waals surface area contributed by atoms with Crippen molar-refractivity contribution in [1.82, 2.24) is 4.90 Å². The van der Waals surface area contributed by atoms with Crippen molar-refractivity contribution in [3.63, 3.8) is 0 Å². The maximum Gasteiger partial charge on any atom is 0.296 e. The molecule has 0 aliphatic carbocycles. The fraction of sp³-hybridized carbons (Fsp3) is 0.429. The lowest BCUT2D eigenvalue weighted by molar-refractivity contribution is 0.245. The van der Waals surface area contributed by atoms with Crippen molar-refractivity contribution < 1.29 is 22.1 Å². The van der Waals surface area contributed by atoms with Crippen LogP contribution in [-0.2, 0) is 20.7 Å². The summed E-state index contributed by atoms with van der Waals surface area (Å²) in [6.45, 7) is 2.94. The number of benzene rings is 2. The first-order chi connectivity index (χ1) is 13.5. The van der Waals surface area contributed by atoms with Gasteiger partial charge in [0.25, 0.3) is 10.1 Å². The van der Waals surface area contributed by atoms with E-state index in [0.29, 0.717) is 0 Å². The number of ether oxygens (including phenoxy) is 2. The highest BCUT2D eigenvalue weighted by Crippen LogP contribution is 2.28. The van der Waals surface area contributed by atoms with Crippen LogP contribution in [0, 0.1) is 5.92 Å². The van der Waals surface area contributed by atoms with Crippen molar-refractivity contribution in [2.75, 3.05) is 40.5 Å². The predicted molar refractivity (Wildman–Crippen MR) is 107 cm³/mol. The molecule has 6 nitrogen and oxygen atoms in total. The summed E-state index contributed by atoms with van der Waals surface area (Å²) in [4.78, 5) is 2.55. The van der Waals surface area contributed by atoms with E-state index in [1.165, 1.54) is 5.56 Å². The third kappa shape index (κ3) is 5.25. The van der Waals surface area contributed by atoms with Crippen LogP contribution in [0.4, 0.5) is 0 Å². The van der Waals surface area contributed by atoms with E-state index < -0.39 is 10.1 Å². The van der Waals surface area contributed by atoms with Gasteiger partial charge in [-0.05, 0) is 55.1 Å². The molecule has 1 aliphatic rings. The Morgan fingerprint density at radius 3 is 2.50 bits per heavy atom. The largest absolute Gasteiger partial charge is 0.493 e. The normalized spacial score (nSPS) is 17.6. The van der Waals surface area contributed by atoms with Gasteiger partial charge < -0.3 is 14.4 Å². The molecule has 0 saturated carbocycles. The summed E-state index contributed by atoms with van der Waals surface area (Å²) < 4.78 is 40.4. The average Bonchev–Trinajstić information content (AvgIpc) is 3.19. The molecule has 0 spiro atoms. The van der Waals surface area contributed by atoms with Crippen LogP contribution in [0.1, 0.15) is 12.0 Å². The van der Waals surface area contributed by atoms with Crippen LogP contribution in [0.3, 0.4) is 0 Å². The molecule has 1 heterocycles. The molecule has 7 heteroatoms. The van der Waals surface area contributed by atoms with Crippen LogP contribution in [0.5, 0.6) is 11.5 Å². The lowest BCUT2D eigenvalue weighted by Gasteiger charge is -2.17. The van der Waals surface area contributed by atoms with Gasteiger partial charge in [0.05, 0.1) is 25.7 Å². The molecule has 1 saturated heterocycles. The topological polar surface area (TPSA) is 65.1 Å². The number of nitrogens with zero attached hydrogens (tertiary/aromatic N) is 1. The Bertz CT molecular complexity index is 870. The number of hydrogen-bond donors (Lipinski definition) is 0. The molecule has 0 N–H and O–H groups in total. The van der Waals surface area contributed by atoms with Crippen molar-refractivity contribution >= 4 is 10.1 Å². The Balaban J connectivity index is 1.47. The fourth-order valence-electron chi connectivity index (χ4n) is 3.42. The minimum absolute atomic E-state index is 0.207. The summed E-state index contributed by atoms with van der Waals surface area (Å²) in [5.74, 6) is 1.69. The second kappa shape index (κ2) is 9.41. The maximum atomic E-state index is 12.2. The van der Waals surface area contributed by atoms with E-state index in [-0.39, 0.29) is 17.4 Å². The van der Waals surface area contributed by atoms with Crippen molar-refractivity contribution in [1.29, 1.82) is 0 Å². The van der Waals surface area contributed by atoms with Crippen LogP contribution in [0.2, 0.25) is 0 Å². The molecule has 3 rings (SSSR count). The number of likely N-dealkylation sites (tertiary alicyclic amines) is 1. The first kappa shape index (κ1) is 20.6. The van der Waals surface area contributed by atoms with Crippen molar-refractivity contribution in [2.24, 2.45) is 5.92 Å². The SMILES string of the molecule is COc1ccc(CCN2CCC(COS(=O)(=O)c3ccccc3)C2)cc1OC. The maximum absolute atomic E-state index is 12.2. The molecule has 0 amide bonds. The lowest BCUT2D eigenvalue weighted by atomic mass is 10.1. The van der Waals surface area contributed by atoms with Crippen LogP contribution < -0.4 is 9.47 Å². The summed E-state index contributed by atoms with van der Waals surface area (Å²) >= 11 is 0. The molecule has 1 atom stereocenters. The summed E-state index contributed by atoms with van der Waals surface area (Å²) in [6.07, 6.45) is 1.84. The van der Waals surface area contributed by atoms with Crippen molar-refractivity contribution in [3.05, 3.63) is 54.1 Å². The monoisotopic (exact) mass is 405 g/mol. The second-order valence-corrected chi connectivity index (χ2v) is 8.56. The lowest BCUT2D eigenvalue weighted by Crippen LogP contribution is -2.25. The van der Waals surface area contributed by atoms with Gasteiger partial charge in [-0.25, -0.2) is 0 Å². The van der Waals surface area contributed by atoms with Crippen LogP contribution in [0.25, 0.3) is 0 Å². The smallest absolute Gasteiger partial charge is 0.296 e. The fourth-order valence-corrected chi connectivity index (χ4v) is 4.41. The van der Waals surface area contributed by atoms with E-state index >= 15 is 0 Å². The number of rotatable bonds is 9. The molecule has 0 radical (unpaired) electrons. The summed E-state index contributed by atoms with van der Waals surface area (Å²) in [6, 6.07) is 14.3. The molecule has 2 aromatic carbocycles. The minimum atomic E-state index is -3.68. The van der Waals surface area contributed by atoms with E-state index in [1.807, 2.05) is 18.2 Å². The molecule has 0 bridgehead atoms.